The summed E-state index contributed by atoms with van der Waals surface area (Å²) in [6.07, 6.45) is 5.30. The number of allylic oxidation sites excluding steroid dienone is 1. The maximum atomic E-state index is 12.0. The van der Waals surface area contributed by atoms with Crippen LogP contribution in [0.5, 0.6) is 0 Å². The molecular formula is C14H17NO3S. The zero-order valence-corrected chi connectivity index (χ0v) is 11.7. The highest BCUT2D eigenvalue weighted by Gasteiger charge is 2.20. The highest BCUT2D eigenvalue weighted by Crippen LogP contribution is 2.18. The predicted molar refractivity (Wildman–Crippen MR) is 73.1 cm³/mol. The van der Waals surface area contributed by atoms with Crippen molar-refractivity contribution in [1.82, 2.24) is 4.72 Å². The highest BCUT2D eigenvalue weighted by molar-refractivity contribution is 7.90. The van der Waals surface area contributed by atoms with Crippen molar-refractivity contribution >= 4 is 15.9 Å². The van der Waals surface area contributed by atoms with Crippen LogP contribution in [-0.2, 0) is 14.8 Å². The van der Waals surface area contributed by atoms with Gasteiger partial charge in [-0.15, -0.1) is 0 Å². The van der Waals surface area contributed by atoms with E-state index in [1.54, 1.807) is 12.1 Å². The normalized spacial score (nSPS) is 15.7. The molecule has 1 amide bonds. The molecule has 0 radical (unpaired) electrons. The first-order valence-electron chi connectivity index (χ1n) is 6.32. The molecule has 1 N–H and O–H groups in total. The highest BCUT2D eigenvalue weighted by atomic mass is 32.2. The van der Waals surface area contributed by atoms with Crippen molar-refractivity contribution < 1.29 is 13.2 Å². The van der Waals surface area contributed by atoms with Crippen molar-refractivity contribution in [3.8, 4) is 0 Å². The molecule has 0 fully saturated rings. The van der Waals surface area contributed by atoms with Gasteiger partial charge in [-0.25, -0.2) is 13.1 Å². The lowest BCUT2D eigenvalue weighted by Crippen LogP contribution is -2.32. The molecular weight excluding hydrogens is 262 g/mol. The molecule has 102 valence electrons. The molecule has 0 unspecified atom stereocenters. The number of carbonyl (C=O) groups excluding carboxylic acids is 1. The summed E-state index contributed by atoms with van der Waals surface area (Å²) in [5, 5.41) is 0. The lowest BCUT2D eigenvalue weighted by Gasteiger charge is -2.13. The van der Waals surface area contributed by atoms with Gasteiger partial charge in [0.05, 0.1) is 4.90 Å². The topological polar surface area (TPSA) is 63.2 Å². The van der Waals surface area contributed by atoms with Gasteiger partial charge >= 0.3 is 0 Å². The second kappa shape index (κ2) is 5.57. The lowest BCUT2D eigenvalue weighted by atomic mass is 9.99. The fourth-order valence-corrected chi connectivity index (χ4v) is 3.00. The monoisotopic (exact) mass is 279 g/mol. The number of hydrogen-bond donors (Lipinski definition) is 1. The number of sulfonamides is 1. The minimum absolute atomic E-state index is 0.114. The summed E-state index contributed by atoms with van der Waals surface area (Å²) in [5.74, 6) is -0.500. The van der Waals surface area contributed by atoms with E-state index in [-0.39, 0.29) is 4.90 Å². The summed E-state index contributed by atoms with van der Waals surface area (Å²) in [7, 11) is -3.77. The van der Waals surface area contributed by atoms with Crippen LogP contribution in [0.25, 0.3) is 0 Å². The van der Waals surface area contributed by atoms with Crippen LogP contribution in [-0.4, -0.2) is 14.3 Å². The molecule has 0 heterocycles. The molecule has 0 aliphatic heterocycles. The van der Waals surface area contributed by atoms with E-state index in [1.165, 1.54) is 12.1 Å². The van der Waals surface area contributed by atoms with Gasteiger partial charge in [-0.05, 0) is 44.7 Å². The predicted octanol–water partition coefficient (Wildman–Crippen LogP) is 2.30. The third kappa shape index (κ3) is 3.44. The first-order valence-corrected chi connectivity index (χ1v) is 7.80. The van der Waals surface area contributed by atoms with Crippen LogP contribution in [0.4, 0.5) is 0 Å². The first-order chi connectivity index (χ1) is 8.99. The van der Waals surface area contributed by atoms with Crippen LogP contribution >= 0.6 is 0 Å². The Balaban J connectivity index is 2.15. The maximum Gasteiger partial charge on any atom is 0.264 e. The first kappa shape index (κ1) is 13.8. The number of carbonyl (C=O) groups is 1. The van der Waals surface area contributed by atoms with E-state index in [2.05, 4.69) is 4.72 Å². The summed E-state index contributed by atoms with van der Waals surface area (Å²) >= 11 is 0. The average Bonchev–Trinajstić information content (AvgIpc) is 2.40. The van der Waals surface area contributed by atoms with Crippen molar-refractivity contribution in [1.29, 1.82) is 0 Å². The number of amides is 1. The number of aryl methyl sites for hydroxylation is 1. The van der Waals surface area contributed by atoms with Gasteiger partial charge in [-0.3, -0.25) is 4.79 Å². The maximum absolute atomic E-state index is 12.0. The van der Waals surface area contributed by atoms with Gasteiger partial charge in [0, 0.05) is 5.57 Å². The molecule has 5 heteroatoms. The number of rotatable bonds is 3. The Morgan fingerprint density at radius 1 is 1.16 bits per heavy atom. The number of benzene rings is 1. The van der Waals surface area contributed by atoms with E-state index in [0.717, 1.165) is 24.8 Å². The quantitative estimate of drug-likeness (QED) is 0.923. The molecule has 2 rings (SSSR count). The molecule has 0 aromatic heterocycles. The van der Waals surface area contributed by atoms with Crippen LogP contribution in [0.2, 0.25) is 0 Å². The van der Waals surface area contributed by atoms with Gasteiger partial charge in [-0.1, -0.05) is 23.8 Å². The Labute approximate surface area is 113 Å². The second-order valence-electron chi connectivity index (χ2n) is 4.72. The Kier molecular flexibility index (Phi) is 4.04. The summed E-state index contributed by atoms with van der Waals surface area (Å²) in [4.78, 5) is 12.0. The van der Waals surface area contributed by atoms with E-state index in [1.807, 2.05) is 13.0 Å². The van der Waals surface area contributed by atoms with E-state index >= 15 is 0 Å². The summed E-state index contributed by atoms with van der Waals surface area (Å²) in [6.45, 7) is 1.88. The van der Waals surface area contributed by atoms with Gasteiger partial charge in [0.25, 0.3) is 15.9 Å². The molecule has 0 saturated carbocycles. The van der Waals surface area contributed by atoms with Gasteiger partial charge in [0.15, 0.2) is 0 Å². The summed E-state index contributed by atoms with van der Waals surface area (Å²) in [5.41, 5.74) is 1.54. The Bertz CT molecular complexity index is 600. The van der Waals surface area contributed by atoms with E-state index in [9.17, 15) is 13.2 Å². The van der Waals surface area contributed by atoms with Crippen molar-refractivity contribution in [2.24, 2.45) is 0 Å². The van der Waals surface area contributed by atoms with Crippen LogP contribution in [0.1, 0.15) is 31.2 Å². The fraction of sp³-hybridized carbons (Fsp3) is 0.357. The molecule has 1 aromatic carbocycles. The van der Waals surface area contributed by atoms with Crippen LogP contribution < -0.4 is 4.72 Å². The third-order valence-electron chi connectivity index (χ3n) is 3.14. The number of hydrogen-bond acceptors (Lipinski definition) is 3. The molecule has 1 aliphatic carbocycles. The van der Waals surface area contributed by atoms with Gasteiger partial charge in [0.2, 0.25) is 0 Å². The lowest BCUT2D eigenvalue weighted by molar-refractivity contribution is -0.116. The Morgan fingerprint density at radius 3 is 2.42 bits per heavy atom. The molecule has 4 nitrogen and oxygen atoms in total. The molecule has 1 aliphatic rings. The summed E-state index contributed by atoms with van der Waals surface area (Å²) < 4.78 is 26.2. The SMILES string of the molecule is Cc1ccc(S(=O)(=O)NC(=O)C2=CCCCC2)cc1. The van der Waals surface area contributed by atoms with Crippen molar-refractivity contribution in [3.05, 3.63) is 41.5 Å². The zero-order chi connectivity index (χ0) is 13.9. The number of nitrogens with one attached hydrogen (secondary N) is 1. The fourth-order valence-electron chi connectivity index (χ4n) is 2.01. The molecule has 0 saturated heterocycles. The molecule has 0 spiro atoms. The van der Waals surface area contributed by atoms with Crippen molar-refractivity contribution in [2.75, 3.05) is 0 Å². The van der Waals surface area contributed by atoms with E-state index in [0.29, 0.717) is 12.0 Å². The van der Waals surface area contributed by atoms with Gasteiger partial charge < -0.3 is 0 Å². The van der Waals surface area contributed by atoms with Crippen molar-refractivity contribution in [3.63, 3.8) is 0 Å². The average molecular weight is 279 g/mol. The largest absolute Gasteiger partial charge is 0.269 e. The van der Waals surface area contributed by atoms with Gasteiger partial charge in [0.1, 0.15) is 0 Å². The zero-order valence-electron chi connectivity index (χ0n) is 10.8. The molecule has 19 heavy (non-hydrogen) atoms. The molecule has 0 bridgehead atoms. The van der Waals surface area contributed by atoms with Crippen LogP contribution in [0.3, 0.4) is 0 Å². The van der Waals surface area contributed by atoms with Crippen LogP contribution in [0.15, 0.2) is 40.8 Å². The van der Waals surface area contributed by atoms with Crippen LogP contribution in [0, 0.1) is 6.92 Å². The summed E-state index contributed by atoms with van der Waals surface area (Å²) in [6, 6.07) is 6.41. The third-order valence-corrected chi connectivity index (χ3v) is 4.49. The standard InChI is InChI=1S/C14H17NO3S/c1-11-7-9-13(10-8-11)19(17,18)15-14(16)12-5-3-2-4-6-12/h5,7-10H,2-4,6H2,1H3,(H,15,16). The molecule has 0 atom stereocenters. The van der Waals surface area contributed by atoms with E-state index < -0.39 is 15.9 Å². The smallest absolute Gasteiger partial charge is 0.264 e. The minimum atomic E-state index is -3.77. The minimum Gasteiger partial charge on any atom is -0.269 e. The Morgan fingerprint density at radius 2 is 1.84 bits per heavy atom. The second-order valence-corrected chi connectivity index (χ2v) is 6.41. The molecule has 1 aromatic rings. The Hall–Kier alpha value is -1.62. The van der Waals surface area contributed by atoms with Gasteiger partial charge in [-0.2, -0.15) is 0 Å². The van der Waals surface area contributed by atoms with Crippen molar-refractivity contribution in [2.45, 2.75) is 37.5 Å². The van der Waals surface area contributed by atoms with E-state index in [4.69, 9.17) is 0 Å².